The lowest BCUT2D eigenvalue weighted by Crippen LogP contribution is -2.32. The second-order valence-electron chi connectivity index (χ2n) is 3.50. The van der Waals surface area contributed by atoms with E-state index in [1.165, 1.54) is 6.92 Å². The van der Waals surface area contributed by atoms with Gasteiger partial charge in [0.25, 0.3) is 0 Å². The van der Waals surface area contributed by atoms with Gasteiger partial charge in [0.05, 0.1) is 18.2 Å². The average molecular weight is 263 g/mol. The number of alkyl halides is 1. The van der Waals surface area contributed by atoms with E-state index in [0.29, 0.717) is 12.1 Å². The Morgan fingerprint density at radius 1 is 1.50 bits per heavy atom. The molecular formula is C11H12F3NO3. The zero-order valence-electron chi connectivity index (χ0n) is 9.49. The summed E-state index contributed by atoms with van der Waals surface area (Å²) in [6.07, 6.45) is -2.35. The molecule has 1 aromatic rings. The van der Waals surface area contributed by atoms with E-state index in [1.807, 2.05) is 0 Å². The van der Waals surface area contributed by atoms with E-state index in [4.69, 9.17) is 5.73 Å². The summed E-state index contributed by atoms with van der Waals surface area (Å²) < 4.78 is 44.0. The molecule has 0 saturated carbocycles. The average Bonchev–Trinajstić information content (AvgIpc) is 2.26. The molecular weight excluding hydrogens is 251 g/mol. The van der Waals surface area contributed by atoms with E-state index in [1.54, 1.807) is 0 Å². The number of phenols is 1. The number of ether oxygens (including phenoxy) is 1. The Hall–Kier alpha value is -1.76. The molecule has 7 heteroatoms. The molecule has 0 aromatic heterocycles. The van der Waals surface area contributed by atoms with Gasteiger partial charge >= 0.3 is 5.97 Å². The highest BCUT2D eigenvalue weighted by Gasteiger charge is 2.32. The van der Waals surface area contributed by atoms with Gasteiger partial charge in [-0.25, -0.2) is 18.0 Å². The fraction of sp³-hybridized carbons (Fsp3) is 0.364. The maximum Gasteiger partial charge on any atom is 0.342 e. The number of carbonyl (C=O) groups excluding carboxylic acids is 1. The van der Waals surface area contributed by atoms with Crippen molar-refractivity contribution < 1.29 is 27.8 Å². The van der Waals surface area contributed by atoms with Gasteiger partial charge in [-0.3, -0.25) is 0 Å². The number of phenolic OH excluding ortho intramolecular Hbond substituents is 1. The van der Waals surface area contributed by atoms with Crippen LogP contribution in [0, 0.1) is 11.6 Å². The minimum atomic E-state index is -2.35. The van der Waals surface area contributed by atoms with Gasteiger partial charge in [0.2, 0.25) is 6.17 Å². The van der Waals surface area contributed by atoms with Crippen LogP contribution in [-0.4, -0.2) is 23.9 Å². The quantitative estimate of drug-likeness (QED) is 0.809. The van der Waals surface area contributed by atoms with Gasteiger partial charge in [0.1, 0.15) is 17.4 Å². The minimum Gasteiger partial charge on any atom is -0.507 e. The highest BCUT2D eigenvalue weighted by Crippen LogP contribution is 2.30. The van der Waals surface area contributed by atoms with Gasteiger partial charge in [0.15, 0.2) is 0 Å². The Morgan fingerprint density at radius 3 is 2.61 bits per heavy atom. The second-order valence-corrected chi connectivity index (χ2v) is 3.50. The summed E-state index contributed by atoms with van der Waals surface area (Å²) in [5.41, 5.74) is 4.65. The predicted molar refractivity (Wildman–Crippen MR) is 56.5 cm³/mol. The Bertz CT molecular complexity index is 430. The first-order chi connectivity index (χ1) is 8.38. The van der Waals surface area contributed by atoms with Crippen LogP contribution in [0.15, 0.2) is 12.1 Å². The van der Waals surface area contributed by atoms with E-state index in [2.05, 4.69) is 4.74 Å². The van der Waals surface area contributed by atoms with Crippen LogP contribution in [0.5, 0.6) is 5.75 Å². The minimum absolute atomic E-state index is 0.0656. The van der Waals surface area contributed by atoms with Gasteiger partial charge in [-0.15, -0.1) is 0 Å². The first-order valence-corrected chi connectivity index (χ1v) is 5.12. The van der Waals surface area contributed by atoms with E-state index >= 15 is 0 Å². The number of hydrogen-bond acceptors (Lipinski definition) is 4. The summed E-state index contributed by atoms with van der Waals surface area (Å²) in [6.45, 7) is 1.40. The molecule has 1 aromatic carbocycles. The molecule has 2 atom stereocenters. The second kappa shape index (κ2) is 5.72. The molecule has 0 aliphatic heterocycles. The molecule has 0 amide bonds. The van der Waals surface area contributed by atoms with Gasteiger partial charge in [-0.2, -0.15) is 0 Å². The molecule has 0 bridgehead atoms. The van der Waals surface area contributed by atoms with Gasteiger partial charge in [0, 0.05) is 12.1 Å². The number of esters is 1. The molecule has 3 N–H and O–H groups in total. The number of nitrogens with two attached hydrogens (primary N) is 1. The SMILES string of the molecule is CCOC(=O)C(F)[C@@H](N)c1c(O)cc(F)cc1F. The standard InChI is InChI=1S/C11H12F3NO3/c1-2-18-11(17)9(14)10(15)8-6(13)3-5(12)4-7(8)16/h3-4,9-10,16H,2,15H2,1H3/t9?,10-/m0/s1. The van der Waals surface area contributed by atoms with Crippen molar-refractivity contribution in [2.24, 2.45) is 5.73 Å². The molecule has 0 spiro atoms. The summed E-state index contributed by atoms with van der Waals surface area (Å²) >= 11 is 0. The van der Waals surface area contributed by atoms with Crippen LogP contribution in [0.2, 0.25) is 0 Å². The predicted octanol–water partition coefficient (Wildman–Crippen LogP) is 1.57. The molecule has 0 fully saturated rings. The third-order valence-electron chi connectivity index (χ3n) is 2.23. The molecule has 0 saturated heterocycles. The fourth-order valence-electron chi connectivity index (χ4n) is 1.42. The molecule has 1 rings (SSSR count). The molecule has 4 nitrogen and oxygen atoms in total. The zero-order valence-corrected chi connectivity index (χ0v) is 9.49. The Kier molecular flexibility index (Phi) is 4.55. The molecule has 0 heterocycles. The van der Waals surface area contributed by atoms with Crippen molar-refractivity contribution in [2.75, 3.05) is 6.61 Å². The van der Waals surface area contributed by atoms with Crippen LogP contribution in [0.4, 0.5) is 13.2 Å². The lowest BCUT2D eigenvalue weighted by Gasteiger charge is -2.17. The Labute approximate surface area is 101 Å². The van der Waals surface area contributed by atoms with Crippen molar-refractivity contribution in [3.63, 3.8) is 0 Å². The van der Waals surface area contributed by atoms with Crippen LogP contribution in [0.25, 0.3) is 0 Å². The number of carbonyl (C=O) groups is 1. The maximum absolute atomic E-state index is 13.6. The molecule has 0 radical (unpaired) electrons. The first kappa shape index (κ1) is 14.3. The molecule has 0 aliphatic carbocycles. The molecule has 1 unspecified atom stereocenters. The summed E-state index contributed by atoms with van der Waals surface area (Å²) in [5, 5.41) is 9.32. The molecule has 18 heavy (non-hydrogen) atoms. The number of aromatic hydroxyl groups is 1. The summed E-state index contributed by atoms with van der Waals surface area (Å²) in [7, 11) is 0. The van der Waals surface area contributed by atoms with Crippen molar-refractivity contribution in [1.82, 2.24) is 0 Å². The maximum atomic E-state index is 13.6. The van der Waals surface area contributed by atoms with Crippen molar-refractivity contribution >= 4 is 5.97 Å². The van der Waals surface area contributed by atoms with Gasteiger partial charge in [-0.05, 0) is 6.92 Å². The number of benzene rings is 1. The topological polar surface area (TPSA) is 72.5 Å². The van der Waals surface area contributed by atoms with Crippen molar-refractivity contribution in [3.8, 4) is 5.75 Å². The largest absolute Gasteiger partial charge is 0.507 e. The van der Waals surface area contributed by atoms with Crippen LogP contribution < -0.4 is 5.73 Å². The lowest BCUT2D eigenvalue weighted by atomic mass is 10.0. The monoisotopic (exact) mass is 263 g/mol. The van der Waals surface area contributed by atoms with Crippen molar-refractivity contribution in [1.29, 1.82) is 0 Å². The van der Waals surface area contributed by atoms with E-state index in [0.717, 1.165) is 0 Å². The normalized spacial score (nSPS) is 14.1. The molecule has 0 aliphatic rings. The summed E-state index contributed by atoms with van der Waals surface area (Å²) in [6, 6.07) is -0.757. The van der Waals surface area contributed by atoms with Crippen molar-refractivity contribution in [2.45, 2.75) is 19.1 Å². The van der Waals surface area contributed by atoms with E-state index < -0.39 is 41.1 Å². The number of rotatable bonds is 4. The lowest BCUT2D eigenvalue weighted by molar-refractivity contribution is -0.149. The van der Waals surface area contributed by atoms with E-state index in [-0.39, 0.29) is 6.61 Å². The van der Waals surface area contributed by atoms with Gasteiger partial charge < -0.3 is 15.6 Å². The summed E-state index contributed by atoms with van der Waals surface area (Å²) in [5.74, 6) is -4.39. The van der Waals surface area contributed by atoms with Crippen LogP contribution in [0.3, 0.4) is 0 Å². The highest BCUT2D eigenvalue weighted by atomic mass is 19.1. The fourth-order valence-corrected chi connectivity index (χ4v) is 1.42. The van der Waals surface area contributed by atoms with Crippen LogP contribution in [0.1, 0.15) is 18.5 Å². The van der Waals surface area contributed by atoms with Crippen molar-refractivity contribution in [3.05, 3.63) is 29.3 Å². The van der Waals surface area contributed by atoms with Gasteiger partial charge in [-0.1, -0.05) is 0 Å². The third kappa shape index (κ3) is 2.92. The number of halogens is 3. The highest BCUT2D eigenvalue weighted by molar-refractivity contribution is 5.76. The van der Waals surface area contributed by atoms with Crippen LogP contribution >= 0.6 is 0 Å². The zero-order chi connectivity index (χ0) is 13.9. The Morgan fingerprint density at radius 2 is 2.11 bits per heavy atom. The summed E-state index contributed by atoms with van der Waals surface area (Å²) in [4.78, 5) is 11.1. The van der Waals surface area contributed by atoms with Crippen LogP contribution in [-0.2, 0) is 9.53 Å². The third-order valence-corrected chi connectivity index (χ3v) is 2.23. The first-order valence-electron chi connectivity index (χ1n) is 5.12. The smallest absolute Gasteiger partial charge is 0.342 e. The molecule has 100 valence electrons. The number of hydrogen-bond donors (Lipinski definition) is 2. The Balaban J connectivity index is 3.03. The van der Waals surface area contributed by atoms with E-state index in [9.17, 15) is 23.1 Å².